The summed E-state index contributed by atoms with van der Waals surface area (Å²) in [4.78, 5) is 33.7. The van der Waals surface area contributed by atoms with E-state index in [2.05, 4.69) is 34.6 Å². The van der Waals surface area contributed by atoms with Gasteiger partial charge < -0.3 is 19.9 Å². The third-order valence-electron chi connectivity index (χ3n) is 7.58. The van der Waals surface area contributed by atoms with Crippen LogP contribution in [0.15, 0.2) is 67.0 Å². The van der Waals surface area contributed by atoms with E-state index < -0.39 is 0 Å². The number of hydrogen-bond donors (Lipinski definition) is 1. The molecule has 5 rings (SSSR count). The van der Waals surface area contributed by atoms with Crippen molar-refractivity contribution in [3.63, 3.8) is 0 Å². The number of likely N-dealkylation sites (tertiary alicyclic amines) is 1. The van der Waals surface area contributed by atoms with Crippen LogP contribution in [-0.2, 0) is 29.0 Å². The highest BCUT2D eigenvalue weighted by Gasteiger charge is 2.35. The number of anilines is 1. The van der Waals surface area contributed by atoms with Crippen molar-refractivity contribution in [2.75, 3.05) is 25.6 Å². The molecule has 1 N–H and O–H groups in total. The lowest BCUT2D eigenvalue weighted by molar-refractivity contribution is -0.135. The van der Waals surface area contributed by atoms with Crippen LogP contribution in [0.4, 0.5) is 5.69 Å². The Hall–Kier alpha value is -3.13. The molecule has 0 aliphatic carbocycles. The van der Waals surface area contributed by atoms with Crippen LogP contribution in [0.25, 0.3) is 0 Å². The molecule has 0 unspecified atom stereocenters. The first-order chi connectivity index (χ1) is 18.0. The molecule has 1 fully saturated rings. The van der Waals surface area contributed by atoms with Crippen molar-refractivity contribution < 1.29 is 14.3 Å². The molecule has 0 saturated carbocycles. The normalized spacial score (nSPS) is 18.5. The fraction of sp³-hybridized carbons (Fsp3) is 0.367. The van der Waals surface area contributed by atoms with Gasteiger partial charge in [0, 0.05) is 56.2 Å². The van der Waals surface area contributed by atoms with Crippen LogP contribution in [-0.4, -0.2) is 48.4 Å². The lowest BCUT2D eigenvalue weighted by atomic mass is 9.89. The lowest BCUT2D eigenvalue weighted by Crippen LogP contribution is -2.50. The summed E-state index contributed by atoms with van der Waals surface area (Å²) in [7, 11) is 3.53. The Labute approximate surface area is 242 Å². The summed E-state index contributed by atoms with van der Waals surface area (Å²) in [5.41, 5.74) is 5.20. The maximum Gasteiger partial charge on any atom is 0.227 e. The van der Waals surface area contributed by atoms with E-state index in [-0.39, 0.29) is 48.7 Å². The Morgan fingerprint density at radius 1 is 1.08 bits per heavy atom. The number of fused-ring (bicyclic) bond motifs is 1. The number of hydrogen-bond acceptors (Lipinski definition) is 5. The molecule has 2 aromatic carbocycles. The minimum atomic E-state index is -0.0721. The molecule has 0 radical (unpaired) electrons. The Morgan fingerprint density at radius 2 is 1.82 bits per heavy atom. The van der Waals surface area contributed by atoms with Crippen molar-refractivity contribution in [2.24, 2.45) is 0 Å². The zero-order chi connectivity index (χ0) is 25.8. The molecule has 2 aliphatic heterocycles. The number of carbonyl (C=O) groups is 2. The van der Waals surface area contributed by atoms with Crippen molar-refractivity contribution in [3.05, 3.63) is 89.2 Å². The van der Waals surface area contributed by atoms with Gasteiger partial charge in [-0.1, -0.05) is 30.3 Å². The molecule has 1 aromatic heterocycles. The van der Waals surface area contributed by atoms with Gasteiger partial charge in [0.05, 0.1) is 19.6 Å². The average Bonchev–Trinajstić information content (AvgIpc) is 2.94. The molecule has 1 saturated heterocycles. The lowest BCUT2D eigenvalue weighted by Gasteiger charge is -2.42. The van der Waals surface area contributed by atoms with Gasteiger partial charge in [-0.25, -0.2) is 0 Å². The van der Waals surface area contributed by atoms with E-state index >= 15 is 0 Å². The fourth-order valence-corrected chi connectivity index (χ4v) is 5.61. The van der Waals surface area contributed by atoms with Crippen molar-refractivity contribution in [2.45, 2.75) is 50.7 Å². The second kappa shape index (κ2) is 13.8. The van der Waals surface area contributed by atoms with Gasteiger partial charge >= 0.3 is 0 Å². The number of amides is 2. The monoisotopic (exact) mass is 570 g/mol. The third kappa shape index (κ3) is 6.72. The van der Waals surface area contributed by atoms with Crippen molar-refractivity contribution >= 4 is 42.3 Å². The predicted molar refractivity (Wildman–Crippen MR) is 158 cm³/mol. The number of aryl methyl sites for hydroxylation is 1. The molecule has 39 heavy (non-hydrogen) atoms. The molecule has 9 heteroatoms. The van der Waals surface area contributed by atoms with Crippen LogP contribution in [0, 0.1) is 0 Å². The van der Waals surface area contributed by atoms with Gasteiger partial charge in [-0.3, -0.25) is 14.6 Å². The largest absolute Gasteiger partial charge is 0.496 e. The molecule has 0 spiro atoms. The number of carbonyl (C=O) groups excluding carboxylic acids is 2. The second-order valence-corrected chi connectivity index (χ2v) is 9.85. The van der Waals surface area contributed by atoms with Crippen LogP contribution in [0.3, 0.4) is 0 Å². The zero-order valence-electron chi connectivity index (χ0n) is 22.3. The summed E-state index contributed by atoms with van der Waals surface area (Å²) in [5.74, 6) is 1.08. The van der Waals surface area contributed by atoms with Crippen molar-refractivity contribution in [3.8, 4) is 5.75 Å². The summed E-state index contributed by atoms with van der Waals surface area (Å²) in [6, 6.07) is 18.2. The number of aromatic nitrogens is 1. The van der Waals surface area contributed by atoms with E-state index in [0.717, 1.165) is 59.5 Å². The SMILES string of the molecule is COc1cc2c(cc1CN[C@H]1CCCN(C(=O)Cc3ccncc3)[C@H]1c1ccccc1)N(C)C(=O)CC2.Cl.Cl. The third-order valence-corrected chi connectivity index (χ3v) is 7.58. The van der Waals surface area contributed by atoms with Gasteiger partial charge in [-0.05, 0) is 60.2 Å². The van der Waals surface area contributed by atoms with Crippen LogP contribution in [0.2, 0.25) is 0 Å². The number of halogens is 2. The number of rotatable bonds is 7. The number of ether oxygens (including phenoxy) is 1. The van der Waals surface area contributed by atoms with Gasteiger partial charge in [0.15, 0.2) is 0 Å². The fourth-order valence-electron chi connectivity index (χ4n) is 5.61. The summed E-state index contributed by atoms with van der Waals surface area (Å²) < 4.78 is 5.74. The van der Waals surface area contributed by atoms with E-state index in [1.165, 1.54) is 0 Å². The Balaban J connectivity index is 0.00000210. The van der Waals surface area contributed by atoms with Crippen LogP contribution in [0.5, 0.6) is 5.75 Å². The topological polar surface area (TPSA) is 74.8 Å². The standard InChI is InChI=1S/C30H34N4O3.2ClH/c1-33-26-18-24(27(37-2)19-23(26)10-11-28(33)35)20-32-25-9-6-16-34(30(25)22-7-4-3-5-8-22)29(36)17-21-12-14-31-15-13-21;;/h3-5,7-8,12-15,18-19,25,30,32H,6,9-11,16-17,20H2,1-2H3;2*1H/t25-,30-;;/m0../s1. The van der Waals surface area contributed by atoms with Gasteiger partial charge in [0.25, 0.3) is 0 Å². The van der Waals surface area contributed by atoms with Crippen molar-refractivity contribution in [1.29, 1.82) is 0 Å². The van der Waals surface area contributed by atoms with E-state index in [1.807, 2.05) is 42.3 Å². The molecule has 3 heterocycles. The molecule has 208 valence electrons. The second-order valence-electron chi connectivity index (χ2n) is 9.85. The highest BCUT2D eigenvalue weighted by atomic mass is 35.5. The molecule has 2 aliphatic rings. The smallest absolute Gasteiger partial charge is 0.227 e. The summed E-state index contributed by atoms with van der Waals surface area (Å²) in [6.07, 6.45) is 6.97. The summed E-state index contributed by atoms with van der Waals surface area (Å²) in [6.45, 7) is 1.32. The molecule has 0 bridgehead atoms. The first-order valence-corrected chi connectivity index (χ1v) is 13.0. The molecule has 3 aromatic rings. The number of nitrogens with zero attached hydrogens (tertiary/aromatic N) is 3. The van der Waals surface area contributed by atoms with E-state index in [9.17, 15) is 9.59 Å². The predicted octanol–water partition coefficient (Wildman–Crippen LogP) is 4.91. The number of pyridine rings is 1. The van der Waals surface area contributed by atoms with Crippen LogP contribution < -0.4 is 15.0 Å². The highest BCUT2D eigenvalue weighted by molar-refractivity contribution is 5.96. The molecular weight excluding hydrogens is 535 g/mol. The average molecular weight is 572 g/mol. The van der Waals surface area contributed by atoms with E-state index in [1.54, 1.807) is 24.4 Å². The minimum Gasteiger partial charge on any atom is -0.496 e. The van der Waals surface area contributed by atoms with Crippen LogP contribution >= 0.6 is 24.8 Å². The quantitative estimate of drug-likeness (QED) is 0.437. The minimum absolute atomic E-state index is 0. The Kier molecular flexibility index (Phi) is 10.7. The van der Waals surface area contributed by atoms with Gasteiger partial charge in [0.1, 0.15) is 5.75 Å². The summed E-state index contributed by atoms with van der Waals surface area (Å²) in [5, 5.41) is 3.76. The van der Waals surface area contributed by atoms with Gasteiger partial charge in [-0.2, -0.15) is 0 Å². The van der Waals surface area contributed by atoms with Crippen LogP contribution in [0.1, 0.15) is 47.6 Å². The molecule has 7 nitrogen and oxygen atoms in total. The number of benzene rings is 2. The number of nitrogens with one attached hydrogen (secondary N) is 1. The Bertz CT molecular complexity index is 1260. The maximum atomic E-state index is 13.5. The molecular formula is C30H36Cl2N4O3. The number of piperidine rings is 1. The van der Waals surface area contributed by atoms with E-state index in [0.29, 0.717) is 19.4 Å². The zero-order valence-corrected chi connectivity index (χ0v) is 24.0. The first-order valence-electron chi connectivity index (χ1n) is 13.0. The van der Waals surface area contributed by atoms with Gasteiger partial charge in [-0.15, -0.1) is 24.8 Å². The van der Waals surface area contributed by atoms with Crippen molar-refractivity contribution in [1.82, 2.24) is 15.2 Å². The first kappa shape index (κ1) is 30.4. The van der Waals surface area contributed by atoms with Gasteiger partial charge in [0.2, 0.25) is 11.8 Å². The molecule has 2 atom stereocenters. The van der Waals surface area contributed by atoms with E-state index in [4.69, 9.17) is 4.74 Å². The highest BCUT2D eigenvalue weighted by Crippen LogP contribution is 2.35. The summed E-state index contributed by atoms with van der Waals surface area (Å²) >= 11 is 0. The Morgan fingerprint density at radius 3 is 2.54 bits per heavy atom. The maximum absolute atomic E-state index is 13.5. The number of methoxy groups -OCH3 is 1. The molecule has 2 amide bonds.